The zero-order valence-corrected chi connectivity index (χ0v) is 5.20. The first-order valence-electron chi connectivity index (χ1n) is 1.41. The number of thiocarbonyl (C=S) groups is 1. The minimum absolute atomic E-state index is 0.799. The third-order valence-corrected chi connectivity index (χ3v) is 0.605. The molecule has 0 saturated carbocycles. The lowest BCUT2D eigenvalue weighted by Gasteiger charge is -1.91. The second-order valence-electron chi connectivity index (χ2n) is 0.747. The SMILES string of the molecule is O=S(=O)(O)ONC=S. The van der Waals surface area contributed by atoms with E-state index in [1.54, 1.807) is 5.48 Å². The predicted molar refractivity (Wildman–Crippen MR) is 29.4 cm³/mol. The van der Waals surface area contributed by atoms with E-state index in [0.717, 1.165) is 5.49 Å². The smallest absolute Gasteiger partial charge is 0.262 e. The first-order chi connectivity index (χ1) is 3.56. The van der Waals surface area contributed by atoms with Gasteiger partial charge in [-0.1, -0.05) is 12.2 Å². The van der Waals surface area contributed by atoms with Crippen molar-refractivity contribution in [3.63, 3.8) is 0 Å². The Labute approximate surface area is 51.6 Å². The summed E-state index contributed by atoms with van der Waals surface area (Å²) >= 11 is 4.08. The van der Waals surface area contributed by atoms with Gasteiger partial charge >= 0.3 is 10.4 Å². The van der Waals surface area contributed by atoms with Crippen molar-refractivity contribution in [2.24, 2.45) is 0 Å². The van der Waals surface area contributed by atoms with E-state index in [-0.39, 0.29) is 0 Å². The molecule has 2 N–H and O–H groups in total. The second kappa shape index (κ2) is 2.92. The molecule has 0 amide bonds. The molecule has 48 valence electrons. The lowest BCUT2D eigenvalue weighted by Crippen LogP contribution is -2.16. The van der Waals surface area contributed by atoms with Gasteiger partial charge in [-0.15, -0.1) is 4.28 Å². The topological polar surface area (TPSA) is 75.6 Å². The van der Waals surface area contributed by atoms with Crippen LogP contribution in [-0.2, 0) is 14.7 Å². The molecule has 0 aliphatic heterocycles. The molecule has 8 heavy (non-hydrogen) atoms. The van der Waals surface area contributed by atoms with E-state index >= 15 is 0 Å². The molecule has 0 fully saturated rings. The van der Waals surface area contributed by atoms with Crippen LogP contribution in [0.5, 0.6) is 0 Å². The molecular formula is CH3NO4S2. The van der Waals surface area contributed by atoms with Gasteiger partial charge in [-0.25, -0.2) is 5.48 Å². The van der Waals surface area contributed by atoms with Crippen LogP contribution in [0.2, 0.25) is 0 Å². The van der Waals surface area contributed by atoms with Gasteiger partial charge in [0, 0.05) is 0 Å². The lowest BCUT2D eigenvalue weighted by atomic mass is 11.5. The van der Waals surface area contributed by atoms with Gasteiger partial charge in [-0.2, -0.15) is 8.42 Å². The van der Waals surface area contributed by atoms with E-state index in [9.17, 15) is 8.42 Å². The van der Waals surface area contributed by atoms with Crippen molar-refractivity contribution < 1.29 is 17.3 Å². The van der Waals surface area contributed by atoms with Crippen LogP contribution in [0.3, 0.4) is 0 Å². The van der Waals surface area contributed by atoms with Crippen LogP contribution in [-0.4, -0.2) is 18.5 Å². The maximum atomic E-state index is 9.59. The molecule has 7 heteroatoms. The van der Waals surface area contributed by atoms with Crippen molar-refractivity contribution in [3.8, 4) is 0 Å². The molecule has 0 saturated heterocycles. The first-order valence-corrected chi connectivity index (χ1v) is 3.25. The minimum Gasteiger partial charge on any atom is -0.262 e. The summed E-state index contributed by atoms with van der Waals surface area (Å²) in [4.78, 5) is 0. The molecule has 0 aliphatic rings. The lowest BCUT2D eigenvalue weighted by molar-refractivity contribution is 0.232. The third-order valence-electron chi connectivity index (χ3n) is 0.202. The highest BCUT2D eigenvalue weighted by Crippen LogP contribution is 1.76. The zero-order chi connectivity index (χ0) is 6.62. The Balaban J connectivity index is 3.57. The summed E-state index contributed by atoms with van der Waals surface area (Å²) in [6, 6.07) is 0. The van der Waals surface area contributed by atoms with Gasteiger partial charge in [-0.05, 0) is 0 Å². The largest absolute Gasteiger partial charge is 0.418 e. The van der Waals surface area contributed by atoms with Gasteiger partial charge in [0.05, 0.1) is 5.49 Å². The van der Waals surface area contributed by atoms with Crippen LogP contribution in [0.4, 0.5) is 0 Å². The Morgan fingerprint density at radius 1 is 1.75 bits per heavy atom. The summed E-state index contributed by atoms with van der Waals surface area (Å²) in [7, 11) is -4.40. The van der Waals surface area contributed by atoms with Crippen LogP contribution in [0.15, 0.2) is 0 Å². The molecule has 5 nitrogen and oxygen atoms in total. The van der Waals surface area contributed by atoms with E-state index < -0.39 is 10.4 Å². The van der Waals surface area contributed by atoms with Crippen molar-refractivity contribution in [3.05, 3.63) is 0 Å². The highest BCUT2D eigenvalue weighted by atomic mass is 32.3. The number of hydrogen-bond donors (Lipinski definition) is 2. The van der Waals surface area contributed by atoms with Gasteiger partial charge in [0.15, 0.2) is 0 Å². The second-order valence-corrected chi connectivity index (χ2v) is 2.00. The van der Waals surface area contributed by atoms with Gasteiger partial charge in [0.2, 0.25) is 0 Å². The molecule has 0 aliphatic carbocycles. The van der Waals surface area contributed by atoms with E-state index in [0.29, 0.717) is 0 Å². The van der Waals surface area contributed by atoms with Gasteiger partial charge in [0.1, 0.15) is 0 Å². The van der Waals surface area contributed by atoms with E-state index in [1.807, 2.05) is 0 Å². The summed E-state index contributed by atoms with van der Waals surface area (Å²) in [5, 5.41) is 0. The molecule has 0 unspecified atom stereocenters. The highest BCUT2D eigenvalue weighted by molar-refractivity contribution is 7.81. The van der Waals surface area contributed by atoms with Crippen molar-refractivity contribution in [2.75, 3.05) is 0 Å². The zero-order valence-electron chi connectivity index (χ0n) is 3.57. The van der Waals surface area contributed by atoms with Crippen molar-refractivity contribution >= 4 is 28.1 Å². The fourth-order valence-electron chi connectivity index (χ4n) is 0.0804. The molecule has 0 spiro atoms. The molecule has 0 heterocycles. The van der Waals surface area contributed by atoms with Crippen LogP contribution in [0.1, 0.15) is 0 Å². The van der Waals surface area contributed by atoms with E-state index in [4.69, 9.17) is 4.55 Å². The third kappa shape index (κ3) is 5.76. The molecular weight excluding hydrogens is 154 g/mol. The average Bonchev–Trinajstić information content (AvgIpc) is 1.59. The van der Waals surface area contributed by atoms with Crippen molar-refractivity contribution in [2.45, 2.75) is 0 Å². The number of hydrogen-bond acceptors (Lipinski definition) is 4. The molecule has 0 rings (SSSR count). The number of hydroxylamine groups is 1. The summed E-state index contributed by atoms with van der Waals surface area (Å²) in [5.41, 5.74) is 2.44. The van der Waals surface area contributed by atoms with Crippen LogP contribution < -0.4 is 5.48 Å². The molecule has 0 radical (unpaired) electrons. The molecule has 0 atom stereocenters. The first kappa shape index (κ1) is 7.76. The number of nitrogens with one attached hydrogen (secondary N) is 1. The van der Waals surface area contributed by atoms with Crippen molar-refractivity contribution in [1.82, 2.24) is 5.48 Å². The molecule has 0 aromatic carbocycles. The Hall–Kier alpha value is -0.240. The van der Waals surface area contributed by atoms with Gasteiger partial charge in [0.25, 0.3) is 0 Å². The Morgan fingerprint density at radius 3 is 2.38 bits per heavy atom. The van der Waals surface area contributed by atoms with Crippen LogP contribution in [0.25, 0.3) is 0 Å². The van der Waals surface area contributed by atoms with Gasteiger partial charge in [-0.3, -0.25) is 4.55 Å². The standard InChI is InChI=1S/CH3NO4S2/c3-8(4,5)6-2-1-7/h1H,(H,2,7)(H,3,4,5). The maximum absolute atomic E-state index is 9.59. The van der Waals surface area contributed by atoms with Crippen LogP contribution in [0, 0.1) is 0 Å². The van der Waals surface area contributed by atoms with E-state index in [2.05, 4.69) is 16.5 Å². The van der Waals surface area contributed by atoms with Crippen LogP contribution >= 0.6 is 12.2 Å². The van der Waals surface area contributed by atoms with Gasteiger partial charge < -0.3 is 0 Å². The van der Waals surface area contributed by atoms with Crippen molar-refractivity contribution in [1.29, 1.82) is 0 Å². The Kier molecular flexibility index (Phi) is 2.84. The summed E-state index contributed by atoms with van der Waals surface area (Å²) < 4.78 is 30.5. The highest BCUT2D eigenvalue weighted by Gasteiger charge is 1.99. The minimum atomic E-state index is -4.40. The summed E-state index contributed by atoms with van der Waals surface area (Å²) in [5.74, 6) is 0. The summed E-state index contributed by atoms with van der Waals surface area (Å²) in [6.45, 7) is 0. The Bertz CT molecular complexity index is 159. The quantitative estimate of drug-likeness (QED) is 0.319. The normalized spacial score (nSPS) is 10.6. The number of rotatable bonds is 3. The summed E-state index contributed by atoms with van der Waals surface area (Å²) in [6.07, 6.45) is 0. The maximum Gasteiger partial charge on any atom is 0.418 e. The monoisotopic (exact) mass is 157 g/mol. The fraction of sp³-hybridized carbons (Fsp3) is 0. The molecule has 0 aromatic rings. The predicted octanol–water partition coefficient (Wildman–Crippen LogP) is -0.732. The van der Waals surface area contributed by atoms with E-state index in [1.165, 1.54) is 0 Å². The molecule has 0 aromatic heterocycles. The Morgan fingerprint density at radius 2 is 2.25 bits per heavy atom. The molecule has 0 bridgehead atoms. The average molecular weight is 157 g/mol. The fourth-order valence-corrected chi connectivity index (χ4v) is 0.359.